The molecule has 30 heavy (non-hydrogen) atoms. The molecular weight excluding hydrogens is 368 g/mol. The molecule has 2 heterocycles. The predicted octanol–water partition coefficient (Wildman–Crippen LogP) is 6.15. The zero-order chi connectivity index (χ0) is 20.1. The van der Waals surface area contributed by atoms with Crippen LogP contribution in [0, 0.1) is 0 Å². The maximum absolute atomic E-state index is 6.33. The van der Waals surface area contributed by atoms with E-state index in [1.165, 1.54) is 51.2 Å². The van der Waals surface area contributed by atoms with Crippen molar-refractivity contribution in [2.45, 2.75) is 37.8 Å². The highest BCUT2D eigenvalue weighted by molar-refractivity contribution is 6.12. The number of rotatable bonds is 3. The molecule has 4 nitrogen and oxygen atoms in total. The van der Waals surface area contributed by atoms with Crippen LogP contribution in [0.3, 0.4) is 0 Å². The topological polar surface area (TPSA) is 69.6 Å². The molecule has 1 saturated carbocycles. The smallest absolute Gasteiger partial charge is 0.104 e. The van der Waals surface area contributed by atoms with Gasteiger partial charge in [0.1, 0.15) is 5.82 Å². The number of nitrogens with one attached hydrogen (secondary N) is 3. The van der Waals surface area contributed by atoms with Crippen LogP contribution in [0.2, 0.25) is 0 Å². The normalized spacial score (nSPS) is 19.6. The Bertz CT molecular complexity index is 1360. The van der Waals surface area contributed by atoms with E-state index >= 15 is 0 Å². The van der Waals surface area contributed by atoms with Gasteiger partial charge in [0.15, 0.2) is 0 Å². The van der Waals surface area contributed by atoms with Crippen LogP contribution in [-0.2, 0) is 0 Å². The monoisotopic (exact) mass is 394 g/mol. The summed E-state index contributed by atoms with van der Waals surface area (Å²) < 4.78 is 0. The maximum Gasteiger partial charge on any atom is 0.104 e. The number of aromatic amines is 2. The number of aromatic nitrogens is 2. The number of anilines is 1. The predicted molar refractivity (Wildman–Crippen MR) is 127 cm³/mol. The van der Waals surface area contributed by atoms with Crippen LogP contribution < -0.4 is 11.1 Å². The Hall–Kier alpha value is -3.24. The van der Waals surface area contributed by atoms with Gasteiger partial charge in [0.25, 0.3) is 0 Å². The van der Waals surface area contributed by atoms with E-state index in [0.29, 0.717) is 6.04 Å². The first-order valence-electron chi connectivity index (χ1n) is 10.9. The number of H-pyrrole nitrogens is 2. The first-order valence-corrected chi connectivity index (χ1v) is 10.9. The van der Waals surface area contributed by atoms with Crippen molar-refractivity contribution in [1.29, 1.82) is 0 Å². The molecular formula is C26H26N4. The molecule has 5 N–H and O–H groups in total. The van der Waals surface area contributed by atoms with E-state index in [2.05, 4.69) is 82.0 Å². The minimum absolute atomic E-state index is 0.236. The number of benzene rings is 3. The summed E-state index contributed by atoms with van der Waals surface area (Å²) in [6.45, 7) is 0. The number of nitrogens with two attached hydrogens (primary N) is 1. The number of para-hydroxylation sites is 2. The molecule has 1 aliphatic carbocycles. The third-order valence-electron chi connectivity index (χ3n) is 6.63. The van der Waals surface area contributed by atoms with Gasteiger partial charge in [0.05, 0.1) is 5.52 Å². The van der Waals surface area contributed by atoms with Crippen LogP contribution in [-0.4, -0.2) is 22.1 Å². The fraction of sp³-hybridized carbons (Fsp3) is 0.231. The quantitative estimate of drug-likeness (QED) is 0.296. The van der Waals surface area contributed by atoms with Crippen molar-refractivity contribution in [2.24, 2.45) is 5.73 Å². The lowest BCUT2D eigenvalue weighted by Gasteiger charge is -2.29. The van der Waals surface area contributed by atoms with Crippen LogP contribution >= 0.6 is 0 Å². The van der Waals surface area contributed by atoms with E-state index < -0.39 is 0 Å². The minimum atomic E-state index is 0.236. The summed E-state index contributed by atoms with van der Waals surface area (Å²) in [5.74, 6) is 1.06. The van der Waals surface area contributed by atoms with Crippen molar-refractivity contribution >= 4 is 38.5 Å². The zero-order valence-electron chi connectivity index (χ0n) is 16.9. The molecule has 1 fully saturated rings. The molecule has 2 unspecified atom stereocenters. The lowest BCUT2D eigenvalue weighted by atomic mass is 9.91. The molecule has 2 atom stereocenters. The summed E-state index contributed by atoms with van der Waals surface area (Å²) in [5.41, 5.74) is 12.3. The van der Waals surface area contributed by atoms with E-state index in [1.54, 1.807) is 0 Å². The van der Waals surface area contributed by atoms with Crippen molar-refractivity contribution in [3.05, 3.63) is 66.7 Å². The summed E-state index contributed by atoms with van der Waals surface area (Å²) >= 11 is 0. The second-order valence-corrected chi connectivity index (χ2v) is 8.58. The first-order chi connectivity index (χ1) is 14.8. The van der Waals surface area contributed by atoms with E-state index in [4.69, 9.17) is 5.73 Å². The molecule has 0 saturated heterocycles. The highest BCUT2D eigenvalue weighted by Gasteiger charge is 2.22. The molecule has 0 radical (unpaired) electrons. The largest absolute Gasteiger partial charge is 0.367 e. The molecule has 0 amide bonds. The fourth-order valence-corrected chi connectivity index (χ4v) is 5.03. The summed E-state index contributed by atoms with van der Waals surface area (Å²) in [5, 5.41) is 7.40. The third-order valence-corrected chi connectivity index (χ3v) is 6.63. The van der Waals surface area contributed by atoms with Crippen molar-refractivity contribution in [3.63, 3.8) is 0 Å². The third kappa shape index (κ3) is 2.87. The maximum atomic E-state index is 6.33. The van der Waals surface area contributed by atoms with Gasteiger partial charge >= 0.3 is 0 Å². The molecule has 4 heteroatoms. The molecule has 6 rings (SSSR count). The molecule has 1 aliphatic rings. The van der Waals surface area contributed by atoms with Crippen LogP contribution in [0.4, 0.5) is 5.82 Å². The average molecular weight is 395 g/mol. The molecule has 0 aliphatic heterocycles. The molecule has 0 spiro atoms. The molecule has 3 aromatic carbocycles. The van der Waals surface area contributed by atoms with Crippen LogP contribution in [0.25, 0.3) is 43.8 Å². The second-order valence-electron chi connectivity index (χ2n) is 8.58. The van der Waals surface area contributed by atoms with E-state index in [-0.39, 0.29) is 6.04 Å². The van der Waals surface area contributed by atoms with Gasteiger partial charge in [-0.15, -0.1) is 0 Å². The van der Waals surface area contributed by atoms with Crippen LogP contribution in [0.1, 0.15) is 25.7 Å². The Balaban J connectivity index is 1.40. The Morgan fingerprint density at radius 1 is 0.800 bits per heavy atom. The van der Waals surface area contributed by atoms with Gasteiger partial charge in [-0.1, -0.05) is 55.3 Å². The molecule has 0 bridgehead atoms. The highest BCUT2D eigenvalue weighted by atomic mass is 15.0. The van der Waals surface area contributed by atoms with Gasteiger partial charge in [-0.05, 0) is 42.7 Å². The number of hydrogen-bond donors (Lipinski definition) is 4. The van der Waals surface area contributed by atoms with Crippen molar-refractivity contribution in [2.75, 3.05) is 5.32 Å². The standard InChI is InChI=1S/C26H26N4/c27-21-9-2-4-11-24(21)29-25-15-17-14-16(12-13-22(17)28-25)18-7-5-8-20-19-6-1-3-10-23(19)30-26(18)20/h1,3,5-8,10,12-15,21,24,28-30H,2,4,9,11,27H2. The average Bonchev–Trinajstić information content (AvgIpc) is 3.35. The highest BCUT2D eigenvalue weighted by Crippen LogP contribution is 2.35. The zero-order valence-corrected chi connectivity index (χ0v) is 16.9. The van der Waals surface area contributed by atoms with Crippen molar-refractivity contribution in [3.8, 4) is 11.1 Å². The Labute approximate surface area is 175 Å². The van der Waals surface area contributed by atoms with Gasteiger partial charge in [-0.25, -0.2) is 0 Å². The summed E-state index contributed by atoms with van der Waals surface area (Å²) in [4.78, 5) is 7.15. The van der Waals surface area contributed by atoms with Crippen molar-refractivity contribution < 1.29 is 0 Å². The second kappa shape index (κ2) is 6.92. The molecule has 150 valence electrons. The number of hydrogen-bond acceptors (Lipinski definition) is 2. The Morgan fingerprint density at radius 2 is 1.67 bits per heavy atom. The summed E-state index contributed by atoms with van der Waals surface area (Å²) in [6.07, 6.45) is 4.75. The minimum Gasteiger partial charge on any atom is -0.367 e. The Kier molecular flexibility index (Phi) is 4.06. The summed E-state index contributed by atoms with van der Waals surface area (Å²) in [6, 6.07) is 24.5. The van der Waals surface area contributed by atoms with E-state index in [9.17, 15) is 0 Å². The van der Waals surface area contributed by atoms with Gasteiger partial charge in [-0.3, -0.25) is 0 Å². The Morgan fingerprint density at radius 3 is 2.60 bits per heavy atom. The van der Waals surface area contributed by atoms with Gasteiger partial charge in [0, 0.05) is 44.8 Å². The SMILES string of the molecule is NC1CCCCC1Nc1cc2cc(-c3cccc4c3[nH]c3ccccc34)ccc2[nH]1. The first kappa shape index (κ1) is 17.6. The molecule has 5 aromatic rings. The van der Waals surface area contributed by atoms with E-state index in [0.717, 1.165) is 24.2 Å². The van der Waals surface area contributed by atoms with Crippen LogP contribution in [0.15, 0.2) is 66.7 Å². The summed E-state index contributed by atoms with van der Waals surface area (Å²) in [7, 11) is 0. The van der Waals surface area contributed by atoms with Crippen LogP contribution in [0.5, 0.6) is 0 Å². The number of fused-ring (bicyclic) bond motifs is 4. The van der Waals surface area contributed by atoms with Gasteiger partial charge < -0.3 is 21.0 Å². The van der Waals surface area contributed by atoms with Crippen molar-refractivity contribution in [1.82, 2.24) is 9.97 Å². The lowest BCUT2D eigenvalue weighted by molar-refractivity contribution is 0.403. The fourth-order valence-electron chi connectivity index (χ4n) is 5.03. The van der Waals surface area contributed by atoms with Gasteiger partial charge in [-0.2, -0.15) is 0 Å². The van der Waals surface area contributed by atoms with Gasteiger partial charge in [0.2, 0.25) is 0 Å². The van der Waals surface area contributed by atoms with E-state index in [1.807, 2.05) is 0 Å². The lowest BCUT2D eigenvalue weighted by Crippen LogP contribution is -2.42. The molecule has 2 aromatic heterocycles.